The monoisotopic (exact) mass is 322 g/mol. The van der Waals surface area contributed by atoms with Gasteiger partial charge in [0.2, 0.25) is 5.88 Å². The third-order valence-electron chi connectivity index (χ3n) is 4.88. The molecule has 3 aromatic rings. The number of nitrogens with zero attached hydrogens (tertiary/aromatic N) is 4. The van der Waals surface area contributed by atoms with Crippen LogP contribution in [0.1, 0.15) is 30.3 Å². The summed E-state index contributed by atoms with van der Waals surface area (Å²) in [6, 6.07) is 12.7. The molecule has 1 saturated heterocycles. The standard InChI is InChI=1S/C19H22N4O/c1-22-16-7-4-3-6-15(16)21-19(22)17-8-5-11-23(17)13-14-9-10-18(24-2)20-12-14/h3-4,6-7,9-10,12,17H,5,8,11,13H2,1-2H3. The molecule has 5 heteroatoms. The predicted molar refractivity (Wildman–Crippen MR) is 93.9 cm³/mol. The Labute approximate surface area is 141 Å². The largest absolute Gasteiger partial charge is 0.481 e. The SMILES string of the molecule is COc1ccc(CN2CCCC2c2nc3ccccc3n2C)cn1. The molecule has 1 fully saturated rings. The highest BCUT2D eigenvalue weighted by Gasteiger charge is 2.29. The van der Waals surface area contributed by atoms with Crippen molar-refractivity contribution in [3.8, 4) is 5.88 Å². The summed E-state index contributed by atoms with van der Waals surface area (Å²) in [6.45, 7) is 1.99. The van der Waals surface area contributed by atoms with Gasteiger partial charge in [-0.05, 0) is 37.1 Å². The number of aryl methyl sites for hydroxylation is 1. The quantitative estimate of drug-likeness (QED) is 0.739. The molecule has 24 heavy (non-hydrogen) atoms. The third kappa shape index (κ3) is 2.65. The van der Waals surface area contributed by atoms with Gasteiger partial charge in [0.1, 0.15) is 5.82 Å². The molecule has 2 aromatic heterocycles. The van der Waals surface area contributed by atoms with Crippen LogP contribution in [0.5, 0.6) is 5.88 Å². The number of rotatable bonds is 4. The van der Waals surface area contributed by atoms with E-state index in [9.17, 15) is 0 Å². The van der Waals surface area contributed by atoms with Gasteiger partial charge in [0.15, 0.2) is 0 Å². The summed E-state index contributed by atoms with van der Waals surface area (Å²) in [5.74, 6) is 1.82. The molecule has 1 aromatic carbocycles. The van der Waals surface area contributed by atoms with Crippen LogP contribution in [0, 0.1) is 0 Å². The van der Waals surface area contributed by atoms with E-state index < -0.39 is 0 Å². The van der Waals surface area contributed by atoms with E-state index in [2.05, 4.69) is 51.8 Å². The van der Waals surface area contributed by atoms with Crippen LogP contribution in [0.25, 0.3) is 11.0 Å². The molecule has 0 N–H and O–H groups in total. The molecular formula is C19H22N4O. The number of methoxy groups -OCH3 is 1. The molecule has 0 radical (unpaired) electrons. The first-order chi connectivity index (χ1) is 11.8. The van der Waals surface area contributed by atoms with Crippen molar-refractivity contribution in [2.45, 2.75) is 25.4 Å². The summed E-state index contributed by atoms with van der Waals surface area (Å²) in [4.78, 5) is 11.7. The van der Waals surface area contributed by atoms with Crippen LogP contribution in [-0.4, -0.2) is 33.1 Å². The summed E-state index contributed by atoms with van der Waals surface area (Å²) in [7, 11) is 3.76. The lowest BCUT2D eigenvalue weighted by Crippen LogP contribution is -2.25. The van der Waals surface area contributed by atoms with Gasteiger partial charge in [0, 0.05) is 25.9 Å². The normalized spacial score (nSPS) is 18.3. The molecule has 5 nitrogen and oxygen atoms in total. The Kier molecular flexibility index (Phi) is 3.94. The zero-order chi connectivity index (χ0) is 16.5. The van der Waals surface area contributed by atoms with Gasteiger partial charge in [-0.1, -0.05) is 18.2 Å². The molecule has 0 aliphatic carbocycles. The van der Waals surface area contributed by atoms with Crippen molar-refractivity contribution in [1.29, 1.82) is 0 Å². The van der Waals surface area contributed by atoms with Gasteiger partial charge in [-0.3, -0.25) is 4.90 Å². The summed E-state index contributed by atoms with van der Waals surface area (Å²) in [5.41, 5.74) is 3.49. The number of hydrogen-bond donors (Lipinski definition) is 0. The minimum absolute atomic E-state index is 0.365. The number of likely N-dealkylation sites (tertiary alicyclic amines) is 1. The van der Waals surface area contributed by atoms with Crippen LogP contribution >= 0.6 is 0 Å². The van der Waals surface area contributed by atoms with E-state index in [0.29, 0.717) is 11.9 Å². The fourth-order valence-electron chi connectivity index (χ4n) is 3.63. The average molecular weight is 322 g/mol. The van der Waals surface area contributed by atoms with Crippen LogP contribution in [0.2, 0.25) is 0 Å². The van der Waals surface area contributed by atoms with Gasteiger partial charge in [-0.25, -0.2) is 9.97 Å². The van der Waals surface area contributed by atoms with E-state index in [-0.39, 0.29) is 0 Å². The Bertz CT molecular complexity index is 840. The first-order valence-electron chi connectivity index (χ1n) is 8.40. The van der Waals surface area contributed by atoms with Crippen molar-refractivity contribution >= 4 is 11.0 Å². The van der Waals surface area contributed by atoms with Gasteiger partial charge in [0.05, 0.1) is 24.2 Å². The van der Waals surface area contributed by atoms with E-state index in [1.54, 1.807) is 7.11 Å². The minimum Gasteiger partial charge on any atom is -0.481 e. The first kappa shape index (κ1) is 15.1. The Morgan fingerprint density at radius 1 is 1.21 bits per heavy atom. The van der Waals surface area contributed by atoms with Crippen molar-refractivity contribution in [3.63, 3.8) is 0 Å². The summed E-state index contributed by atoms with van der Waals surface area (Å²) in [6.07, 6.45) is 4.27. The Hall–Kier alpha value is -2.40. The number of hydrogen-bond acceptors (Lipinski definition) is 4. The number of aromatic nitrogens is 3. The fraction of sp³-hybridized carbons (Fsp3) is 0.368. The van der Waals surface area contributed by atoms with Crippen LogP contribution < -0.4 is 4.74 Å². The summed E-state index contributed by atoms with van der Waals surface area (Å²) < 4.78 is 7.38. The molecule has 3 heterocycles. The van der Waals surface area contributed by atoms with Crippen LogP contribution in [0.4, 0.5) is 0 Å². The second-order valence-electron chi connectivity index (χ2n) is 6.36. The number of imidazole rings is 1. The second-order valence-corrected chi connectivity index (χ2v) is 6.36. The number of ether oxygens (including phenoxy) is 1. The lowest BCUT2D eigenvalue weighted by molar-refractivity contribution is 0.236. The van der Waals surface area contributed by atoms with Crippen molar-refractivity contribution in [1.82, 2.24) is 19.4 Å². The first-order valence-corrected chi connectivity index (χ1v) is 8.40. The van der Waals surface area contributed by atoms with Gasteiger partial charge >= 0.3 is 0 Å². The van der Waals surface area contributed by atoms with E-state index in [4.69, 9.17) is 9.72 Å². The number of fused-ring (bicyclic) bond motifs is 1. The van der Waals surface area contributed by atoms with Gasteiger partial charge in [0.25, 0.3) is 0 Å². The highest BCUT2D eigenvalue weighted by molar-refractivity contribution is 5.75. The highest BCUT2D eigenvalue weighted by atomic mass is 16.5. The molecule has 1 aliphatic heterocycles. The molecule has 1 unspecified atom stereocenters. The summed E-state index contributed by atoms with van der Waals surface area (Å²) >= 11 is 0. The van der Waals surface area contributed by atoms with Gasteiger partial charge in [-0.15, -0.1) is 0 Å². The lowest BCUT2D eigenvalue weighted by Gasteiger charge is -2.24. The highest BCUT2D eigenvalue weighted by Crippen LogP contribution is 2.33. The fourth-order valence-corrected chi connectivity index (χ4v) is 3.63. The maximum absolute atomic E-state index is 5.14. The van der Waals surface area contributed by atoms with Gasteiger partial charge < -0.3 is 9.30 Å². The third-order valence-corrected chi connectivity index (χ3v) is 4.88. The Morgan fingerprint density at radius 3 is 2.83 bits per heavy atom. The molecule has 4 rings (SSSR count). The van der Waals surface area contributed by atoms with Crippen molar-refractivity contribution in [3.05, 3.63) is 54.0 Å². The molecule has 1 aliphatic rings. The maximum atomic E-state index is 5.14. The van der Waals surface area contributed by atoms with Crippen LogP contribution in [-0.2, 0) is 13.6 Å². The molecule has 0 spiro atoms. The van der Waals surface area contributed by atoms with Crippen molar-refractivity contribution in [2.24, 2.45) is 7.05 Å². The van der Waals surface area contributed by atoms with Crippen LogP contribution in [0.15, 0.2) is 42.6 Å². The number of para-hydroxylation sites is 2. The number of benzene rings is 1. The van der Waals surface area contributed by atoms with E-state index in [1.807, 2.05) is 12.3 Å². The minimum atomic E-state index is 0.365. The predicted octanol–water partition coefficient (Wildman–Crippen LogP) is 3.31. The zero-order valence-electron chi connectivity index (χ0n) is 14.1. The molecule has 0 amide bonds. The van der Waals surface area contributed by atoms with E-state index in [0.717, 1.165) is 30.9 Å². The molecule has 0 saturated carbocycles. The zero-order valence-corrected chi connectivity index (χ0v) is 14.1. The summed E-state index contributed by atoms with van der Waals surface area (Å²) in [5, 5.41) is 0. The van der Waals surface area contributed by atoms with E-state index in [1.165, 1.54) is 17.5 Å². The topological polar surface area (TPSA) is 43.2 Å². The molecule has 0 bridgehead atoms. The molecular weight excluding hydrogens is 300 g/mol. The van der Waals surface area contributed by atoms with Crippen LogP contribution in [0.3, 0.4) is 0 Å². The second kappa shape index (κ2) is 6.24. The smallest absolute Gasteiger partial charge is 0.212 e. The Balaban J connectivity index is 1.60. The van der Waals surface area contributed by atoms with Gasteiger partial charge in [-0.2, -0.15) is 0 Å². The molecule has 124 valence electrons. The Morgan fingerprint density at radius 2 is 2.08 bits per heavy atom. The van der Waals surface area contributed by atoms with Crippen molar-refractivity contribution < 1.29 is 4.74 Å². The number of pyridine rings is 1. The van der Waals surface area contributed by atoms with Crippen molar-refractivity contribution in [2.75, 3.05) is 13.7 Å². The van der Waals surface area contributed by atoms with E-state index >= 15 is 0 Å². The molecule has 1 atom stereocenters. The average Bonchev–Trinajstić information content (AvgIpc) is 3.20. The lowest BCUT2D eigenvalue weighted by atomic mass is 10.2. The maximum Gasteiger partial charge on any atom is 0.212 e.